The van der Waals surface area contributed by atoms with Crippen LogP contribution in [0.3, 0.4) is 0 Å². The van der Waals surface area contributed by atoms with E-state index in [1.165, 1.54) is 57.8 Å². The summed E-state index contributed by atoms with van der Waals surface area (Å²) in [5.74, 6) is 1.67. The van der Waals surface area contributed by atoms with E-state index in [2.05, 4.69) is 26.1 Å². The van der Waals surface area contributed by atoms with Crippen molar-refractivity contribution in [2.45, 2.75) is 90.2 Å². The Hall–Kier alpha value is -0.0800. The first-order chi connectivity index (χ1) is 9.69. The van der Waals surface area contributed by atoms with Crippen LogP contribution in [0.4, 0.5) is 0 Å². The quantitative estimate of drug-likeness (QED) is 0.772. The maximum Gasteiger partial charge on any atom is 0.0685 e. The number of rotatable bonds is 6. The first-order valence-corrected chi connectivity index (χ1v) is 9.06. The first-order valence-electron chi connectivity index (χ1n) is 9.06. The third-order valence-electron chi connectivity index (χ3n) is 5.68. The fraction of sp³-hybridized carbons (Fsp3) is 1.00. The van der Waals surface area contributed by atoms with Gasteiger partial charge in [0.05, 0.1) is 5.60 Å². The molecular formula is C18H35NO. The Morgan fingerprint density at radius 2 is 1.95 bits per heavy atom. The smallest absolute Gasteiger partial charge is 0.0685 e. The molecule has 1 N–H and O–H groups in total. The summed E-state index contributed by atoms with van der Waals surface area (Å²) < 4.78 is 6.27. The monoisotopic (exact) mass is 281 g/mol. The summed E-state index contributed by atoms with van der Waals surface area (Å²) in [7, 11) is 0. The lowest BCUT2D eigenvalue weighted by Crippen LogP contribution is -2.48. The minimum absolute atomic E-state index is 0.254. The van der Waals surface area contributed by atoms with Gasteiger partial charge in [-0.25, -0.2) is 0 Å². The summed E-state index contributed by atoms with van der Waals surface area (Å²) in [5, 5.41) is 3.78. The van der Waals surface area contributed by atoms with Crippen LogP contribution in [0.1, 0.15) is 78.6 Å². The molecule has 2 aliphatic rings. The van der Waals surface area contributed by atoms with Crippen molar-refractivity contribution in [3.05, 3.63) is 0 Å². The Kier molecular flexibility index (Phi) is 6.35. The molecule has 1 saturated heterocycles. The fourth-order valence-electron chi connectivity index (χ4n) is 4.26. The lowest BCUT2D eigenvalue weighted by Gasteiger charge is -2.46. The Bertz CT molecular complexity index is 267. The molecule has 1 saturated carbocycles. The molecule has 0 aromatic heterocycles. The van der Waals surface area contributed by atoms with E-state index in [0.29, 0.717) is 6.04 Å². The molecule has 0 aromatic rings. The van der Waals surface area contributed by atoms with E-state index >= 15 is 0 Å². The van der Waals surface area contributed by atoms with Gasteiger partial charge in [-0.15, -0.1) is 0 Å². The van der Waals surface area contributed by atoms with Crippen LogP contribution in [-0.4, -0.2) is 24.8 Å². The third-order valence-corrected chi connectivity index (χ3v) is 5.68. The zero-order valence-corrected chi connectivity index (χ0v) is 13.9. The number of nitrogens with one attached hydrogen (secondary N) is 1. The van der Waals surface area contributed by atoms with Gasteiger partial charge in [-0.1, -0.05) is 46.5 Å². The Morgan fingerprint density at radius 3 is 2.60 bits per heavy atom. The molecule has 0 bridgehead atoms. The largest absolute Gasteiger partial charge is 0.375 e. The molecule has 3 unspecified atom stereocenters. The van der Waals surface area contributed by atoms with Gasteiger partial charge in [-0.2, -0.15) is 0 Å². The lowest BCUT2D eigenvalue weighted by molar-refractivity contribution is -0.122. The molecular weight excluding hydrogens is 246 g/mol. The molecule has 2 fully saturated rings. The minimum atomic E-state index is 0.254. The summed E-state index contributed by atoms with van der Waals surface area (Å²) in [6.07, 6.45) is 12.0. The zero-order chi connectivity index (χ0) is 14.4. The Labute approximate surface area is 126 Å². The van der Waals surface area contributed by atoms with Gasteiger partial charge in [-0.05, 0) is 50.5 Å². The molecule has 118 valence electrons. The highest BCUT2D eigenvalue weighted by Gasteiger charge is 2.40. The van der Waals surface area contributed by atoms with E-state index in [4.69, 9.17) is 4.74 Å². The Balaban J connectivity index is 1.96. The van der Waals surface area contributed by atoms with Crippen LogP contribution in [0.15, 0.2) is 0 Å². The number of ether oxygens (including phenoxy) is 1. The molecule has 1 aliphatic heterocycles. The van der Waals surface area contributed by atoms with E-state index in [1.807, 2.05) is 0 Å². The second-order valence-electron chi connectivity index (χ2n) is 7.26. The molecule has 1 aliphatic carbocycles. The van der Waals surface area contributed by atoms with Crippen molar-refractivity contribution in [1.29, 1.82) is 0 Å². The minimum Gasteiger partial charge on any atom is -0.375 e. The molecule has 2 rings (SSSR count). The van der Waals surface area contributed by atoms with Gasteiger partial charge in [0, 0.05) is 12.6 Å². The van der Waals surface area contributed by atoms with Crippen molar-refractivity contribution in [3.8, 4) is 0 Å². The van der Waals surface area contributed by atoms with Gasteiger partial charge < -0.3 is 10.1 Å². The second-order valence-corrected chi connectivity index (χ2v) is 7.26. The SMILES string of the molecule is CCNC(CC(C)CC)C1CCOC2(CCCCC2)C1. The maximum absolute atomic E-state index is 6.27. The molecule has 2 heteroatoms. The normalized spacial score (nSPS) is 29.2. The van der Waals surface area contributed by atoms with E-state index in [-0.39, 0.29) is 5.60 Å². The summed E-state index contributed by atoms with van der Waals surface area (Å²) >= 11 is 0. The van der Waals surface area contributed by atoms with Gasteiger partial charge >= 0.3 is 0 Å². The van der Waals surface area contributed by atoms with Gasteiger partial charge in [0.1, 0.15) is 0 Å². The van der Waals surface area contributed by atoms with Gasteiger partial charge in [0.25, 0.3) is 0 Å². The van der Waals surface area contributed by atoms with Crippen molar-refractivity contribution >= 4 is 0 Å². The number of hydrogen-bond donors (Lipinski definition) is 1. The molecule has 0 radical (unpaired) electrons. The van der Waals surface area contributed by atoms with Crippen LogP contribution in [0.2, 0.25) is 0 Å². The van der Waals surface area contributed by atoms with E-state index < -0.39 is 0 Å². The van der Waals surface area contributed by atoms with Crippen LogP contribution in [0.25, 0.3) is 0 Å². The molecule has 3 atom stereocenters. The topological polar surface area (TPSA) is 21.3 Å². The highest BCUT2D eigenvalue weighted by molar-refractivity contribution is 4.93. The van der Waals surface area contributed by atoms with Crippen LogP contribution < -0.4 is 5.32 Å². The molecule has 0 amide bonds. The van der Waals surface area contributed by atoms with Crippen LogP contribution in [-0.2, 0) is 4.74 Å². The predicted octanol–water partition coefficient (Wildman–Crippen LogP) is 4.53. The standard InChI is InChI=1S/C18H35NO/c1-4-15(3)13-17(19-5-2)16-9-12-20-18(14-16)10-7-6-8-11-18/h15-17,19H,4-14H2,1-3H3. The number of hydrogen-bond acceptors (Lipinski definition) is 2. The summed E-state index contributed by atoms with van der Waals surface area (Å²) in [6, 6.07) is 0.706. The molecule has 2 nitrogen and oxygen atoms in total. The van der Waals surface area contributed by atoms with E-state index in [9.17, 15) is 0 Å². The van der Waals surface area contributed by atoms with Gasteiger partial charge in [0.2, 0.25) is 0 Å². The molecule has 1 spiro atoms. The molecule has 1 heterocycles. The second kappa shape index (κ2) is 7.79. The van der Waals surface area contributed by atoms with Gasteiger partial charge in [-0.3, -0.25) is 0 Å². The third kappa shape index (κ3) is 4.21. The Morgan fingerprint density at radius 1 is 1.20 bits per heavy atom. The predicted molar refractivity (Wildman–Crippen MR) is 86.0 cm³/mol. The summed E-state index contributed by atoms with van der Waals surface area (Å²) in [4.78, 5) is 0. The first kappa shape index (κ1) is 16.3. The summed E-state index contributed by atoms with van der Waals surface area (Å²) in [5.41, 5.74) is 0.254. The van der Waals surface area contributed by atoms with Crippen LogP contribution in [0.5, 0.6) is 0 Å². The lowest BCUT2D eigenvalue weighted by atomic mass is 9.73. The highest BCUT2D eigenvalue weighted by Crippen LogP contribution is 2.42. The van der Waals surface area contributed by atoms with Crippen molar-refractivity contribution in [2.24, 2.45) is 11.8 Å². The van der Waals surface area contributed by atoms with E-state index in [1.54, 1.807) is 0 Å². The van der Waals surface area contributed by atoms with E-state index in [0.717, 1.165) is 25.0 Å². The van der Waals surface area contributed by atoms with Crippen molar-refractivity contribution < 1.29 is 4.74 Å². The van der Waals surface area contributed by atoms with Crippen LogP contribution >= 0.6 is 0 Å². The summed E-state index contributed by atoms with van der Waals surface area (Å²) in [6.45, 7) is 9.07. The maximum atomic E-state index is 6.27. The van der Waals surface area contributed by atoms with Crippen molar-refractivity contribution in [3.63, 3.8) is 0 Å². The van der Waals surface area contributed by atoms with Crippen LogP contribution in [0, 0.1) is 11.8 Å². The van der Waals surface area contributed by atoms with Crippen molar-refractivity contribution in [1.82, 2.24) is 5.32 Å². The average molecular weight is 281 g/mol. The highest BCUT2D eigenvalue weighted by atomic mass is 16.5. The fourth-order valence-corrected chi connectivity index (χ4v) is 4.26. The molecule has 20 heavy (non-hydrogen) atoms. The van der Waals surface area contributed by atoms with Gasteiger partial charge in [0.15, 0.2) is 0 Å². The van der Waals surface area contributed by atoms with Crippen molar-refractivity contribution in [2.75, 3.05) is 13.2 Å². The molecule has 0 aromatic carbocycles. The zero-order valence-electron chi connectivity index (χ0n) is 13.9. The average Bonchev–Trinajstić information content (AvgIpc) is 2.47.